The van der Waals surface area contributed by atoms with Crippen molar-refractivity contribution in [3.8, 4) is 0 Å². The molecule has 0 amide bonds. The molecule has 0 aromatic heterocycles. The predicted molar refractivity (Wildman–Crippen MR) is 74.2 cm³/mol. The zero-order chi connectivity index (χ0) is 13.9. The van der Waals surface area contributed by atoms with Crippen molar-refractivity contribution in [2.45, 2.75) is 17.9 Å². The SMILES string of the molecule is CC(CN(C)C)NS(=O)(=O)c1ccc(N)c(Cl)c1. The van der Waals surface area contributed by atoms with Gasteiger partial charge in [0.2, 0.25) is 10.0 Å². The average molecular weight is 292 g/mol. The van der Waals surface area contributed by atoms with Crippen molar-refractivity contribution in [1.29, 1.82) is 0 Å². The summed E-state index contributed by atoms with van der Waals surface area (Å²) in [6, 6.07) is 4.07. The fourth-order valence-electron chi connectivity index (χ4n) is 1.59. The Bertz CT molecular complexity index is 517. The number of anilines is 1. The quantitative estimate of drug-likeness (QED) is 0.798. The molecule has 0 aliphatic rings. The summed E-state index contributed by atoms with van der Waals surface area (Å²) in [6.45, 7) is 2.42. The number of sulfonamides is 1. The topological polar surface area (TPSA) is 75.4 Å². The first-order valence-corrected chi connectivity index (χ1v) is 7.30. The van der Waals surface area contributed by atoms with Gasteiger partial charge in [-0.2, -0.15) is 0 Å². The molecule has 1 aromatic rings. The lowest BCUT2D eigenvalue weighted by Crippen LogP contribution is -2.39. The third-order valence-electron chi connectivity index (χ3n) is 2.28. The first-order chi connectivity index (χ1) is 8.22. The highest BCUT2D eigenvalue weighted by molar-refractivity contribution is 7.89. The maximum atomic E-state index is 12.1. The van der Waals surface area contributed by atoms with Crippen LogP contribution in [0.2, 0.25) is 5.02 Å². The number of nitrogens with two attached hydrogens (primary N) is 1. The van der Waals surface area contributed by atoms with Gasteiger partial charge in [-0.25, -0.2) is 13.1 Å². The van der Waals surface area contributed by atoms with Crippen molar-refractivity contribution in [2.24, 2.45) is 0 Å². The molecule has 3 N–H and O–H groups in total. The van der Waals surface area contributed by atoms with E-state index in [2.05, 4.69) is 4.72 Å². The summed E-state index contributed by atoms with van der Waals surface area (Å²) in [5.74, 6) is 0. The van der Waals surface area contributed by atoms with Crippen LogP contribution in [0.5, 0.6) is 0 Å². The first-order valence-electron chi connectivity index (χ1n) is 5.44. The van der Waals surface area contributed by atoms with Crippen molar-refractivity contribution in [1.82, 2.24) is 9.62 Å². The number of hydrogen-bond donors (Lipinski definition) is 2. The highest BCUT2D eigenvalue weighted by Crippen LogP contribution is 2.22. The number of likely N-dealkylation sites (N-methyl/N-ethyl adjacent to an activating group) is 1. The Hall–Kier alpha value is -0.820. The molecular formula is C11H18ClN3O2S. The van der Waals surface area contributed by atoms with E-state index in [4.69, 9.17) is 17.3 Å². The molecule has 0 fully saturated rings. The molecule has 0 radical (unpaired) electrons. The van der Waals surface area contributed by atoms with Gasteiger partial charge in [-0.15, -0.1) is 0 Å². The Morgan fingerprint density at radius 3 is 2.56 bits per heavy atom. The Morgan fingerprint density at radius 1 is 1.44 bits per heavy atom. The molecule has 102 valence electrons. The summed E-state index contributed by atoms with van der Waals surface area (Å²) in [5.41, 5.74) is 5.90. The van der Waals surface area contributed by atoms with E-state index >= 15 is 0 Å². The molecule has 0 aliphatic carbocycles. The van der Waals surface area contributed by atoms with Crippen molar-refractivity contribution in [2.75, 3.05) is 26.4 Å². The van der Waals surface area contributed by atoms with Gasteiger partial charge in [0.05, 0.1) is 15.6 Å². The first kappa shape index (κ1) is 15.2. The summed E-state index contributed by atoms with van der Waals surface area (Å²) in [4.78, 5) is 2.02. The minimum absolute atomic E-state index is 0.118. The van der Waals surface area contributed by atoms with Gasteiger partial charge in [0.1, 0.15) is 0 Å². The van der Waals surface area contributed by atoms with Crippen molar-refractivity contribution >= 4 is 27.3 Å². The highest BCUT2D eigenvalue weighted by Gasteiger charge is 2.18. The summed E-state index contributed by atoms with van der Waals surface area (Å²) in [5, 5.41) is 0.234. The van der Waals surface area contributed by atoms with Gasteiger partial charge < -0.3 is 10.6 Å². The van der Waals surface area contributed by atoms with Crippen molar-refractivity contribution < 1.29 is 8.42 Å². The van der Waals surface area contributed by atoms with E-state index < -0.39 is 10.0 Å². The van der Waals surface area contributed by atoms with Gasteiger partial charge in [-0.05, 0) is 39.2 Å². The van der Waals surface area contributed by atoms with Crippen LogP contribution in [0.3, 0.4) is 0 Å². The number of halogens is 1. The third kappa shape index (κ3) is 4.13. The standard InChI is InChI=1S/C11H18ClN3O2S/c1-8(7-15(2)3)14-18(16,17)9-4-5-11(13)10(12)6-9/h4-6,8,14H,7,13H2,1-3H3. The molecule has 1 unspecified atom stereocenters. The third-order valence-corrected chi connectivity index (χ3v) is 4.19. The molecule has 0 heterocycles. The molecular weight excluding hydrogens is 274 g/mol. The van der Waals surface area contributed by atoms with Crippen molar-refractivity contribution in [3.05, 3.63) is 23.2 Å². The number of nitrogen functional groups attached to an aromatic ring is 1. The number of nitrogens with one attached hydrogen (secondary N) is 1. The molecule has 0 bridgehead atoms. The van der Waals surface area contributed by atoms with Crippen LogP contribution in [0.25, 0.3) is 0 Å². The van der Waals surface area contributed by atoms with Crippen LogP contribution >= 0.6 is 11.6 Å². The molecule has 1 rings (SSSR count). The molecule has 0 saturated carbocycles. The van der Waals surface area contributed by atoms with E-state index in [9.17, 15) is 8.42 Å². The van der Waals surface area contributed by atoms with Gasteiger partial charge >= 0.3 is 0 Å². The summed E-state index contributed by atoms with van der Waals surface area (Å²) in [6.07, 6.45) is 0. The molecule has 18 heavy (non-hydrogen) atoms. The maximum absolute atomic E-state index is 12.1. The lowest BCUT2D eigenvalue weighted by atomic mass is 10.3. The fraction of sp³-hybridized carbons (Fsp3) is 0.455. The average Bonchev–Trinajstić information content (AvgIpc) is 2.19. The number of rotatable bonds is 5. The van der Waals surface area contributed by atoms with E-state index in [1.54, 1.807) is 6.92 Å². The largest absolute Gasteiger partial charge is 0.398 e. The van der Waals surface area contributed by atoms with Crippen molar-refractivity contribution in [3.63, 3.8) is 0 Å². The lowest BCUT2D eigenvalue weighted by Gasteiger charge is -2.18. The van der Waals surface area contributed by atoms with E-state index in [0.717, 1.165) is 0 Å². The van der Waals surface area contributed by atoms with Crippen LogP contribution in [-0.4, -0.2) is 40.0 Å². The normalized spacial score (nSPS) is 13.8. The molecule has 0 spiro atoms. The van der Waals surface area contributed by atoms with Crippen LogP contribution in [-0.2, 0) is 10.0 Å². The van der Waals surface area contributed by atoms with Gasteiger partial charge in [0.15, 0.2) is 0 Å². The van der Waals surface area contributed by atoms with E-state index in [-0.39, 0.29) is 16.0 Å². The number of nitrogens with zero attached hydrogens (tertiary/aromatic N) is 1. The number of hydrogen-bond acceptors (Lipinski definition) is 4. The Labute approximate surface area is 113 Å². The minimum Gasteiger partial charge on any atom is -0.398 e. The van der Waals surface area contributed by atoms with Crippen LogP contribution < -0.4 is 10.5 Å². The molecule has 0 aliphatic heterocycles. The summed E-state index contributed by atoms with van der Waals surface area (Å²) >= 11 is 5.82. The van der Waals surface area contributed by atoms with Crippen LogP contribution in [0, 0.1) is 0 Å². The molecule has 0 saturated heterocycles. The number of benzene rings is 1. The summed E-state index contributed by atoms with van der Waals surface area (Å²) < 4.78 is 26.7. The van der Waals surface area contributed by atoms with E-state index in [0.29, 0.717) is 12.2 Å². The van der Waals surface area contributed by atoms with Gasteiger partial charge in [0.25, 0.3) is 0 Å². The lowest BCUT2D eigenvalue weighted by molar-refractivity contribution is 0.370. The van der Waals surface area contributed by atoms with E-state index in [1.807, 2.05) is 19.0 Å². The highest BCUT2D eigenvalue weighted by atomic mass is 35.5. The zero-order valence-corrected chi connectivity index (χ0v) is 12.2. The second-order valence-corrected chi connectivity index (χ2v) is 6.59. The van der Waals surface area contributed by atoms with Crippen LogP contribution in [0.4, 0.5) is 5.69 Å². The second-order valence-electron chi connectivity index (χ2n) is 4.47. The Kier molecular flexibility index (Phi) is 4.98. The second kappa shape index (κ2) is 5.88. The fourth-order valence-corrected chi connectivity index (χ4v) is 3.10. The molecule has 1 aromatic carbocycles. The zero-order valence-electron chi connectivity index (χ0n) is 10.6. The monoisotopic (exact) mass is 291 g/mol. The Morgan fingerprint density at radius 2 is 2.06 bits per heavy atom. The van der Waals surface area contributed by atoms with Gasteiger partial charge in [-0.1, -0.05) is 11.6 Å². The Balaban J connectivity index is 2.89. The predicted octanol–water partition coefficient (Wildman–Crippen LogP) is 1.15. The minimum atomic E-state index is -3.56. The van der Waals surface area contributed by atoms with Crippen LogP contribution in [0.1, 0.15) is 6.92 Å². The van der Waals surface area contributed by atoms with E-state index in [1.165, 1.54) is 18.2 Å². The van der Waals surface area contributed by atoms with Gasteiger partial charge in [0, 0.05) is 12.6 Å². The molecule has 7 heteroatoms. The molecule has 1 atom stereocenters. The molecule has 5 nitrogen and oxygen atoms in total. The van der Waals surface area contributed by atoms with Gasteiger partial charge in [-0.3, -0.25) is 0 Å². The smallest absolute Gasteiger partial charge is 0.240 e. The maximum Gasteiger partial charge on any atom is 0.240 e. The van der Waals surface area contributed by atoms with Crippen LogP contribution in [0.15, 0.2) is 23.1 Å². The summed E-state index contributed by atoms with van der Waals surface area (Å²) in [7, 11) is 0.199.